The van der Waals surface area contributed by atoms with Crippen LogP contribution >= 0.6 is 0 Å². The topological polar surface area (TPSA) is 41.3 Å². The minimum atomic E-state index is 0.902. The monoisotopic (exact) mass is 203 g/mol. The quantitative estimate of drug-likeness (QED) is 0.757. The van der Waals surface area contributed by atoms with E-state index < -0.39 is 0 Å². The first-order valence-corrected chi connectivity index (χ1v) is 5.23. The van der Waals surface area contributed by atoms with Crippen LogP contribution in [0, 0.1) is 0 Å². The summed E-state index contributed by atoms with van der Waals surface area (Å²) < 4.78 is 5.48. The standard InChI is InChI=1S/C11H13N3O/c1-3-13-9-2-8-15-11(9)10(1)14-6-4-12-5-7-14/h1-3,8,12H,4-7H2. The fraction of sp³-hybridized carbons (Fsp3) is 0.364. The maximum atomic E-state index is 5.48. The molecule has 3 heterocycles. The Hall–Kier alpha value is -1.55. The lowest BCUT2D eigenvalue weighted by atomic mass is 10.2. The molecule has 1 fully saturated rings. The van der Waals surface area contributed by atoms with Gasteiger partial charge in [0.15, 0.2) is 5.58 Å². The summed E-state index contributed by atoms with van der Waals surface area (Å²) in [6.07, 6.45) is 3.54. The first kappa shape index (κ1) is 8.73. The first-order chi connectivity index (χ1) is 7.45. The molecule has 2 aromatic rings. The van der Waals surface area contributed by atoms with E-state index in [-0.39, 0.29) is 0 Å². The number of hydrogen-bond donors (Lipinski definition) is 1. The average Bonchev–Trinajstić information content (AvgIpc) is 2.78. The Morgan fingerprint density at radius 2 is 2.13 bits per heavy atom. The average molecular weight is 203 g/mol. The largest absolute Gasteiger partial charge is 0.460 e. The first-order valence-electron chi connectivity index (χ1n) is 5.23. The molecule has 0 saturated carbocycles. The third-order valence-corrected chi connectivity index (χ3v) is 2.78. The van der Waals surface area contributed by atoms with Crippen molar-refractivity contribution in [2.75, 3.05) is 31.1 Å². The second-order valence-corrected chi connectivity index (χ2v) is 3.70. The minimum absolute atomic E-state index is 0.902. The molecule has 3 rings (SSSR count). The third kappa shape index (κ3) is 1.47. The van der Waals surface area contributed by atoms with Gasteiger partial charge < -0.3 is 14.6 Å². The number of aromatic nitrogens is 1. The van der Waals surface area contributed by atoms with Gasteiger partial charge in [-0.2, -0.15) is 0 Å². The molecule has 0 bridgehead atoms. The van der Waals surface area contributed by atoms with Gasteiger partial charge in [0.25, 0.3) is 0 Å². The van der Waals surface area contributed by atoms with Gasteiger partial charge in [-0.3, -0.25) is 4.98 Å². The predicted octanol–water partition coefficient (Wildman–Crippen LogP) is 1.24. The molecule has 15 heavy (non-hydrogen) atoms. The van der Waals surface area contributed by atoms with Crippen molar-refractivity contribution >= 4 is 16.8 Å². The highest BCUT2D eigenvalue weighted by molar-refractivity contribution is 5.86. The predicted molar refractivity (Wildman–Crippen MR) is 59.1 cm³/mol. The second kappa shape index (κ2) is 3.55. The zero-order valence-electron chi connectivity index (χ0n) is 8.44. The van der Waals surface area contributed by atoms with Crippen LogP contribution in [0.15, 0.2) is 29.0 Å². The van der Waals surface area contributed by atoms with Crippen molar-refractivity contribution in [3.63, 3.8) is 0 Å². The van der Waals surface area contributed by atoms with Gasteiger partial charge in [-0.05, 0) is 6.07 Å². The number of nitrogens with one attached hydrogen (secondary N) is 1. The fourth-order valence-corrected chi connectivity index (χ4v) is 2.01. The Kier molecular flexibility index (Phi) is 2.07. The van der Waals surface area contributed by atoms with E-state index in [9.17, 15) is 0 Å². The van der Waals surface area contributed by atoms with Gasteiger partial charge >= 0.3 is 0 Å². The summed E-state index contributed by atoms with van der Waals surface area (Å²) in [5.41, 5.74) is 3.00. The van der Waals surface area contributed by atoms with Crippen molar-refractivity contribution in [2.45, 2.75) is 0 Å². The van der Waals surface area contributed by atoms with Crippen molar-refractivity contribution in [1.29, 1.82) is 0 Å². The summed E-state index contributed by atoms with van der Waals surface area (Å²) in [5.74, 6) is 0. The van der Waals surface area contributed by atoms with E-state index in [0.717, 1.165) is 43.0 Å². The van der Waals surface area contributed by atoms with E-state index in [1.54, 1.807) is 6.26 Å². The summed E-state index contributed by atoms with van der Waals surface area (Å²) in [6, 6.07) is 3.93. The highest BCUT2D eigenvalue weighted by Crippen LogP contribution is 2.25. The van der Waals surface area contributed by atoms with Crippen LogP contribution in [0.25, 0.3) is 11.1 Å². The van der Waals surface area contributed by atoms with Gasteiger partial charge in [-0.15, -0.1) is 0 Å². The second-order valence-electron chi connectivity index (χ2n) is 3.70. The van der Waals surface area contributed by atoms with Gasteiger partial charge in [-0.25, -0.2) is 0 Å². The number of piperazine rings is 1. The Bertz CT molecular complexity index is 460. The highest BCUT2D eigenvalue weighted by atomic mass is 16.3. The fourth-order valence-electron chi connectivity index (χ4n) is 2.01. The van der Waals surface area contributed by atoms with Crippen LogP contribution in [0.3, 0.4) is 0 Å². The van der Waals surface area contributed by atoms with Crippen LogP contribution in [0.4, 0.5) is 5.69 Å². The van der Waals surface area contributed by atoms with Crippen molar-refractivity contribution in [2.24, 2.45) is 0 Å². The molecule has 78 valence electrons. The van der Waals surface area contributed by atoms with Crippen LogP contribution in [-0.4, -0.2) is 31.2 Å². The zero-order valence-corrected chi connectivity index (χ0v) is 8.44. The van der Waals surface area contributed by atoms with Gasteiger partial charge in [0.05, 0.1) is 12.0 Å². The Morgan fingerprint density at radius 3 is 3.00 bits per heavy atom. The third-order valence-electron chi connectivity index (χ3n) is 2.78. The van der Waals surface area contributed by atoms with Crippen molar-refractivity contribution in [3.8, 4) is 0 Å². The van der Waals surface area contributed by atoms with Crippen molar-refractivity contribution < 1.29 is 4.42 Å². The van der Waals surface area contributed by atoms with E-state index in [2.05, 4.69) is 15.2 Å². The lowest BCUT2D eigenvalue weighted by Gasteiger charge is -2.29. The molecule has 0 spiro atoms. The van der Waals surface area contributed by atoms with E-state index in [4.69, 9.17) is 4.42 Å². The van der Waals surface area contributed by atoms with Gasteiger partial charge in [0.1, 0.15) is 5.52 Å². The van der Waals surface area contributed by atoms with Crippen LogP contribution < -0.4 is 10.2 Å². The number of furan rings is 1. The van der Waals surface area contributed by atoms with E-state index >= 15 is 0 Å². The maximum absolute atomic E-state index is 5.48. The van der Waals surface area contributed by atoms with Crippen LogP contribution in [-0.2, 0) is 0 Å². The van der Waals surface area contributed by atoms with Crippen molar-refractivity contribution in [3.05, 3.63) is 24.6 Å². The molecule has 1 N–H and O–H groups in total. The molecule has 0 amide bonds. The molecule has 4 nitrogen and oxygen atoms in total. The lowest BCUT2D eigenvalue weighted by Crippen LogP contribution is -2.43. The minimum Gasteiger partial charge on any atom is -0.460 e. The van der Waals surface area contributed by atoms with Crippen molar-refractivity contribution in [1.82, 2.24) is 10.3 Å². The molecule has 2 aromatic heterocycles. The molecule has 0 atom stereocenters. The number of fused-ring (bicyclic) bond motifs is 1. The summed E-state index contributed by atoms with van der Waals surface area (Å²) in [7, 11) is 0. The summed E-state index contributed by atoms with van der Waals surface area (Å²) in [5, 5.41) is 3.34. The van der Waals surface area contributed by atoms with Crippen LogP contribution in [0.1, 0.15) is 0 Å². The summed E-state index contributed by atoms with van der Waals surface area (Å²) in [6.45, 7) is 4.12. The normalized spacial score (nSPS) is 17.2. The van der Waals surface area contributed by atoms with E-state index in [1.165, 1.54) is 0 Å². The van der Waals surface area contributed by atoms with E-state index in [1.807, 2.05) is 18.3 Å². The maximum Gasteiger partial charge on any atom is 0.175 e. The molecule has 0 unspecified atom stereocenters. The number of anilines is 1. The van der Waals surface area contributed by atoms with Crippen LogP contribution in [0.5, 0.6) is 0 Å². The molecule has 1 aliphatic heterocycles. The SMILES string of the molecule is c1cc(N2CCNCC2)c2occc2n1. The number of rotatable bonds is 1. The Labute approximate surface area is 87.9 Å². The molecular weight excluding hydrogens is 190 g/mol. The number of nitrogens with zero attached hydrogens (tertiary/aromatic N) is 2. The Balaban J connectivity index is 2.05. The number of pyridine rings is 1. The van der Waals surface area contributed by atoms with Gasteiger partial charge in [-0.1, -0.05) is 0 Å². The lowest BCUT2D eigenvalue weighted by molar-refractivity contribution is 0.578. The molecule has 4 heteroatoms. The summed E-state index contributed by atoms with van der Waals surface area (Å²) in [4.78, 5) is 6.60. The molecular formula is C11H13N3O. The van der Waals surface area contributed by atoms with Gasteiger partial charge in [0.2, 0.25) is 0 Å². The molecule has 0 radical (unpaired) electrons. The van der Waals surface area contributed by atoms with Crippen LogP contribution in [0.2, 0.25) is 0 Å². The molecule has 0 aliphatic carbocycles. The zero-order chi connectivity index (χ0) is 10.1. The molecule has 1 aliphatic rings. The Morgan fingerprint density at radius 1 is 1.27 bits per heavy atom. The smallest absolute Gasteiger partial charge is 0.175 e. The summed E-state index contributed by atoms with van der Waals surface area (Å²) >= 11 is 0. The van der Waals surface area contributed by atoms with Gasteiger partial charge in [0, 0.05) is 38.4 Å². The van der Waals surface area contributed by atoms with E-state index in [0.29, 0.717) is 0 Å². The molecule has 1 saturated heterocycles. The highest BCUT2D eigenvalue weighted by Gasteiger charge is 2.14. The molecule has 0 aromatic carbocycles. The number of hydrogen-bond acceptors (Lipinski definition) is 4.